The van der Waals surface area contributed by atoms with Crippen molar-refractivity contribution in [3.05, 3.63) is 0 Å². The van der Waals surface area contributed by atoms with Crippen molar-refractivity contribution in [1.82, 2.24) is 4.90 Å². The first kappa shape index (κ1) is 9.00. The van der Waals surface area contributed by atoms with Gasteiger partial charge in [0, 0.05) is 6.04 Å². The van der Waals surface area contributed by atoms with Crippen molar-refractivity contribution >= 4 is 5.97 Å². The predicted molar refractivity (Wildman–Crippen MR) is 49.4 cm³/mol. The molecular weight excluding hydrogens is 166 g/mol. The molecule has 0 aromatic carbocycles. The summed E-state index contributed by atoms with van der Waals surface area (Å²) in [4.78, 5) is 13.8. The van der Waals surface area contributed by atoms with Crippen LogP contribution in [0.1, 0.15) is 32.1 Å². The van der Waals surface area contributed by atoms with E-state index in [1.807, 2.05) is 0 Å². The molecule has 3 heteroatoms. The number of fused-ring (bicyclic) bond motifs is 1. The fourth-order valence-electron chi connectivity index (χ4n) is 2.68. The Morgan fingerprint density at radius 3 is 2.85 bits per heavy atom. The Bertz CT molecular complexity index is 205. The topological polar surface area (TPSA) is 29.5 Å². The number of carbonyl (C=O) groups is 1. The Kier molecular flexibility index (Phi) is 2.54. The van der Waals surface area contributed by atoms with E-state index in [1.165, 1.54) is 32.8 Å². The van der Waals surface area contributed by atoms with Gasteiger partial charge in [-0.1, -0.05) is 0 Å². The zero-order valence-electron chi connectivity index (χ0n) is 8.16. The average Bonchev–Trinajstić information content (AvgIpc) is 2.63. The van der Waals surface area contributed by atoms with Gasteiger partial charge in [0.1, 0.15) is 6.04 Å². The second-order valence-electron chi connectivity index (χ2n) is 4.00. The van der Waals surface area contributed by atoms with Gasteiger partial charge in [-0.3, -0.25) is 9.69 Å². The summed E-state index contributed by atoms with van der Waals surface area (Å²) in [5, 5.41) is 0. The summed E-state index contributed by atoms with van der Waals surface area (Å²) in [5.74, 6) is -0.0356. The number of hydrogen-bond acceptors (Lipinski definition) is 3. The summed E-state index contributed by atoms with van der Waals surface area (Å²) >= 11 is 0. The number of methoxy groups -OCH3 is 1. The third-order valence-electron chi connectivity index (χ3n) is 3.31. The van der Waals surface area contributed by atoms with Crippen LogP contribution in [-0.4, -0.2) is 36.6 Å². The minimum absolute atomic E-state index is 0.0356. The van der Waals surface area contributed by atoms with Gasteiger partial charge in [-0.25, -0.2) is 0 Å². The third kappa shape index (κ3) is 1.57. The maximum atomic E-state index is 11.4. The van der Waals surface area contributed by atoms with Crippen molar-refractivity contribution < 1.29 is 9.53 Å². The standard InChI is InChI=1S/C10H17NO2/c1-13-10(12)9-6-2-4-8-5-3-7-11(8)9/h8-9H,2-7H2,1H3/t8-,9+/m0/s1. The van der Waals surface area contributed by atoms with Gasteiger partial charge in [0.05, 0.1) is 7.11 Å². The molecule has 0 aromatic rings. The molecule has 0 saturated carbocycles. The van der Waals surface area contributed by atoms with Crippen LogP contribution in [0.3, 0.4) is 0 Å². The summed E-state index contributed by atoms with van der Waals surface area (Å²) in [5.41, 5.74) is 0. The van der Waals surface area contributed by atoms with Crippen LogP contribution in [0.25, 0.3) is 0 Å². The number of nitrogens with zero attached hydrogens (tertiary/aromatic N) is 1. The van der Waals surface area contributed by atoms with E-state index in [-0.39, 0.29) is 12.0 Å². The molecule has 2 fully saturated rings. The molecule has 2 rings (SSSR count). The molecule has 0 aliphatic carbocycles. The zero-order chi connectivity index (χ0) is 9.26. The Balaban J connectivity index is 2.05. The Morgan fingerprint density at radius 2 is 2.08 bits per heavy atom. The second kappa shape index (κ2) is 3.66. The van der Waals surface area contributed by atoms with Crippen molar-refractivity contribution in [3.63, 3.8) is 0 Å². The molecule has 0 amide bonds. The van der Waals surface area contributed by atoms with Crippen LogP contribution in [0.5, 0.6) is 0 Å². The Hall–Kier alpha value is -0.570. The molecule has 0 aromatic heterocycles. The molecule has 2 saturated heterocycles. The maximum Gasteiger partial charge on any atom is 0.323 e. The van der Waals surface area contributed by atoms with Crippen molar-refractivity contribution in [2.45, 2.75) is 44.2 Å². The van der Waals surface area contributed by atoms with Gasteiger partial charge in [0.15, 0.2) is 0 Å². The van der Waals surface area contributed by atoms with Gasteiger partial charge in [-0.2, -0.15) is 0 Å². The van der Waals surface area contributed by atoms with Crippen molar-refractivity contribution in [2.75, 3.05) is 13.7 Å². The number of esters is 1. The fraction of sp³-hybridized carbons (Fsp3) is 0.900. The van der Waals surface area contributed by atoms with Crippen LogP contribution in [-0.2, 0) is 9.53 Å². The molecule has 0 radical (unpaired) electrons. The van der Waals surface area contributed by atoms with Crippen molar-refractivity contribution in [3.8, 4) is 0 Å². The highest BCUT2D eigenvalue weighted by Crippen LogP contribution is 2.31. The molecule has 2 heterocycles. The van der Waals surface area contributed by atoms with E-state index in [2.05, 4.69) is 4.90 Å². The summed E-state index contributed by atoms with van der Waals surface area (Å²) in [6, 6.07) is 0.726. The molecule has 0 unspecified atom stereocenters. The number of ether oxygens (including phenoxy) is 1. The van der Waals surface area contributed by atoms with E-state index in [0.717, 1.165) is 13.0 Å². The Labute approximate surface area is 79.0 Å². The molecule has 2 atom stereocenters. The molecule has 2 aliphatic rings. The lowest BCUT2D eigenvalue weighted by Crippen LogP contribution is -2.47. The number of carbonyl (C=O) groups excluding carboxylic acids is 1. The molecule has 2 aliphatic heterocycles. The lowest BCUT2D eigenvalue weighted by molar-refractivity contribution is -0.148. The van der Waals surface area contributed by atoms with Gasteiger partial charge < -0.3 is 4.74 Å². The lowest BCUT2D eigenvalue weighted by Gasteiger charge is -2.35. The maximum absolute atomic E-state index is 11.4. The molecule has 3 nitrogen and oxygen atoms in total. The van der Waals surface area contributed by atoms with Gasteiger partial charge in [0.25, 0.3) is 0 Å². The summed E-state index contributed by atoms with van der Waals surface area (Å²) in [6.07, 6.45) is 5.96. The second-order valence-corrected chi connectivity index (χ2v) is 4.00. The monoisotopic (exact) mass is 183 g/mol. The van der Waals surface area contributed by atoms with E-state index in [9.17, 15) is 4.79 Å². The largest absolute Gasteiger partial charge is 0.468 e. The normalized spacial score (nSPS) is 34.2. The first-order valence-electron chi connectivity index (χ1n) is 5.16. The van der Waals surface area contributed by atoms with Crippen LogP contribution >= 0.6 is 0 Å². The van der Waals surface area contributed by atoms with Crippen molar-refractivity contribution in [1.29, 1.82) is 0 Å². The number of rotatable bonds is 1. The minimum atomic E-state index is -0.0356. The van der Waals surface area contributed by atoms with E-state index in [1.54, 1.807) is 0 Å². The molecule has 0 spiro atoms. The average molecular weight is 183 g/mol. The molecule has 74 valence electrons. The third-order valence-corrected chi connectivity index (χ3v) is 3.31. The number of piperidine rings is 1. The highest BCUT2D eigenvalue weighted by molar-refractivity contribution is 5.75. The highest BCUT2D eigenvalue weighted by Gasteiger charge is 2.37. The van der Waals surface area contributed by atoms with Crippen LogP contribution < -0.4 is 0 Å². The lowest BCUT2D eigenvalue weighted by atomic mass is 9.97. The first-order valence-corrected chi connectivity index (χ1v) is 5.16. The molecule has 13 heavy (non-hydrogen) atoms. The SMILES string of the molecule is COC(=O)[C@H]1CCC[C@H]2CCCN21. The van der Waals surface area contributed by atoms with Crippen LogP contribution in [0.15, 0.2) is 0 Å². The molecule has 0 bridgehead atoms. The van der Waals surface area contributed by atoms with Gasteiger partial charge >= 0.3 is 5.97 Å². The predicted octanol–water partition coefficient (Wildman–Crippen LogP) is 1.18. The Morgan fingerprint density at radius 1 is 1.31 bits per heavy atom. The van der Waals surface area contributed by atoms with Crippen LogP contribution in [0.4, 0.5) is 0 Å². The summed E-state index contributed by atoms with van der Waals surface area (Å²) in [7, 11) is 1.49. The van der Waals surface area contributed by atoms with E-state index in [0.29, 0.717) is 6.04 Å². The quantitative estimate of drug-likeness (QED) is 0.572. The van der Waals surface area contributed by atoms with E-state index < -0.39 is 0 Å². The first-order chi connectivity index (χ1) is 6.33. The molecule has 0 N–H and O–H groups in total. The van der Waals surface area contributed by atoms with Gasteiger partial charge in [0.2, 0.25) is 0 Å². The van der Waals surface area contributed by atoms with E-state index >= 15 is 0 Å². The molecular formula is C10H17NO2. The minimum Gasteiger partial charge on any atom is -0.468 e. The van der Waals surface area contributed by atoms with Crippen molar-refractivity contribution in [2.24, 2.45) is 0 Å². The van der Waals surface area contributed by atoms with Gasteiger partial charge in [-0.05, 0) is 38.6 Å². The zero-order valence-corrected chi connectivity index (χ0v) is 8.16. The van der Waals surface area contributed by atoms with Crippen LogP contribution in [0.2, 0.25) is 0 Å². The summed E-state index contributed by atoms with van der Waals surface area (Å²) < 4.78 is 4.82. The smallest absolute Gasteiger partial charge is 0.323 e. The number of hydrogen-bond donors (Lipinski definition) is 0. The highest BCUT2D eigenvalue weighted by atomic mass is 16.5. The van der Waals surface area contributed by atoms with Gasteiger partial charge in [-0.15, -0.1) is 0 Å². The summed E-state index contributed by atoms with van der Waals surface area (Å²) in [6.45, 7) is 1.09. The fourth-order valence-corrected chi connectivity index (χ4v) is 2.68. The van der Waals surface area contributed by atoms with Crippen LogP contribution in [0, 0.1) is 0 Å². The van der Waals surface area contributed by atoms with E-state index in [4.69, 9.17) is 4.74 Å².